The number of aromatic nitrogens is 3. The molecule has 2 saturated heterocycles. The fourth-order valence-corrected chi connectivity index (χ4v) is 5.70. The van der Waals surface area contributed by atoms with Crippen LogP contribution in [0.2, 0.25) is 0 Å². The summed E-state index contributed by atoms with van der Waals surface area (Å²) in [5.74, 6) is 7.77. The van der Waals surface area contributed by atoms with Crippen molar-refractivity contribution in [1.82, 2.24) is 19.3 Å². The second kappa shape index (κ2) is 7.70. The molecule has 8 nitrogen and oxygen atoms in total. The SMILES string of the molecule is CN(C(=O)c1ccc2nc(N)c3cncn3c2c1)C1COc2cc(C#CC34CCC(CC3)O4)ccc21. The van der Waals surface area contributed by atoms with Gasteiger partial charge in [-0.2, -0.15) is 0 Å². The molecule has 36 heavy (non-hydrogen) atoms. The summed E-state index contributed by atoms with van der Waals surface area (Å²) >= 11 is 0. The molecule has 2 fully saturated rings. The lowest BCUT2D eigenvalue weighted by Crippen LogP contribution is -2.32. The number of benzene rings is 2. The lowest BCUT2D eigenvalue weighted by Gasteiger charge is -2.24. The highest BCUT2D eigenvalue weighted by Gasteiger charge is 2.45. The van der Waals surface area contributed by atoms with Gasteiger partial charge in [-0.3, -0.25) is 9.20 Å². The summed E-state index contributed by atoms with van der Waals surface area (Å²) in [6.07, 6.45) is 7.99. The van der Waals surface area contributed by atoms with Crippen molar-refractivity contribution in [3.8, 4) is 17.6 Å². The first-order chi connectivity index (χ1) is 17.5. The number of nitrogen functional groups attached to an aromatic ring is 1. The third-order valence-corrected chi connectivity index (χ3v) is 7.75. The first-order valence-corrected chi connectivity index (χ1v) is 12.3. The molecule has 7 rings (SSSR count). The van der Waals surface area contributed by atoms with Gasteiger partial charge in [0.15, 0.2) is 0 Å². The van der Waals surface area contributed by atoms with Gasteiger partial charge in [0.25, 0.3) is 5.91 Å². The van der Waals surface area contributed by atoms with Crippen molar-refractivity contribution >= 4 is 28.3 Å². The van der Waals surface area contributed by atoms with Crippen molar-refractivity contribution in [3.63, 3.8) is 0 Å². The molecule has 1 atom stereocenters. The summed E-state index contributed by atoms with van der Waals surface area (Å²) in [5.41, 5.74) is 10.4. The van der Waals surface area contributed by atoms with Crippen LogP contribution in [0.5, 0.6) is 5.75 Å². The van der Waals surface area contributed by atoms with Gasteiger partial charge in [0.2, 0.25) is 0 Å². The summed E-state index contributed by atoms with van der Waals surface area (Å²) in [6, 6.07) is 11.2. The average Bonchev–Trinajstić information content (AvgIpc) is 3.70. The molecule has 0 spiro atoms. The number of ether oxygens (including phenoxy) is 2. The van der Waals surface area contributed by atoms with E-state index >= 15 is 0 Å². The third-order valence-electron chi connectivity index (χ3n) is 7.75. The van der Waals surface area contributed by atoms with Crippen LogP contribution in [-0.2, 0) is 4.74 Å². The molecule has 4 aromatic rings. The van der Waals surface area contributed by atoms with E-state index in [4.69, 9.17) is 15.2 Å². The zero-order valence-electron chi connectivity index (χ0n) is 19.9. The average molecular weight is 480 g/mol. The van der Waals surface area contributed by atoms with E-state index in [0.29, 0.717) is 35.1 Å². The van der Waals surface area contributed by atoms with Crippen LogP contribution in [0.1, 0.15) is 53.2 Å². The highest BCUT2D eigenvalue weighted by molar-refractivity contribution is 5.98. The number of carbonyl (C=O) groups is 1. The Morgan fingerprint density at radius 1 is 1.19 bits per heavy atom. The lowest BCUT2D eigenvalue weighted by atomic mass is 9.89. The van der Waals surface area contributed by atoms with E-state index in [1.807, 2.05) is 41.8 Å². The van der Waals surface area contributed by atoms with Crippen molar-refractivity contribution in [2.75, 3.05) is 19.4 Å². The Bertz CT molecular complexity index is 1610. The van der Waals surface area contributed by atoms with Crippen LogP contribution in [0, 0.1) is 11.8 Å². The fourth-order valence-electron chi connectivity index (χ4n) is 5.70. The zero-order chi connectivity index (χ0) is 24.4. The van der Waals surface area contributed by atoms with Crippen molar-refractivity contribution in [2.45, 2.75) is 43.4 Å². The number of rotatable bonds is 2. The van der Waals surface area contributed by atoms with Crippen LogP contribution in [0.3, 0.4) is 0 Å². The van der Waals surface area contributed by atoms with Crippen molar-refractivity contribution in [1.29, 1.82) is 0 Å². The minimum Gasteiger partial charge on any atom is -0.491 e. The number of nitrogens with two attached hydrogens (primary N) is 1. The molecule has 0 aliphatic carbocycles. The normalized spacial score (nSPS) is 23.9. The second-order valence-electron chi connectivity index (χ2n) is 9.91. The minimum absolute atomic E-state index is 0.0967. The van der Waals surface area contributed by atoms with Crippen LogP contribution in [0.4, 0.5) is 5.82 Å². The van der Waals surface area contributed by atoms with Gasteiger partial charge < -0.3 is 20.1 Å². The standard InChI is InChI=1S/C28H25N5O3/c1-32(27(34)18-3-5-21-22(13-18)33-16-30-14-23(33)26(29)31-21)24-15-35-25-12-17(2-4-20(24)25)6-9-28-10-7-19(36-28)8-11-28/h2-5,12-14,16,19,24H,7-8,10-11,15H2,1H3,(H2,29,31). The largest absolute Gasteiger partial charge is 0.491 e. The third kappa shape index (κ3) is 3.23. The van der Waals surface area contributed by atoms with E-state index in [-0.39, 0.29) is 17.6 Å². The molecule has 5 heterocycles. The first kappa shape index (κ1) is 21.2. The van der Waals surface area contributed by atoms with Gasteiger partial charge in [-0.05, 0) is 56.0 Å². The number of hydrogen-bond donors (Lipinski definition) is 1. The van der Waals surface area contributed by atoms with Gasteiger partial charge in [-0.1, -0.05) is 17.9 Å². The number of anilines is 1. The Morgan fingerprint density at radius 2 is 2.06 bits per heavy atom. The van der Waals surface area contributed by atoms with E-state index in [2.05, 4.69) is 21.8 Å². The van der Waals surface area contributed by atoms with Crippen molar-refractivity contribution < 1.29 is 14.3 Å². The summed E-state index contributed by atoms with van der Waals surface area (Å²) in [5, 5.41) is 0. The number of hydrogen-bond acceptors (Lipinski definition) is 6. The first-order valence-electron chi connectivity index (χ1n) is 12.3. The molecule has 3 aliphatic heterocycles. The monoisotopic (exact) mass is 479 g/mol. The smallest absolute Gasteiger partial charge is 0.254 e. The molecule has 180 valence electrons. The molecule has 2 N–H and O–H groups in total. The minimum atomic E-state index is -0.261. The predicted molar refractivity (Wildman–Crippen MR) is 135 cm³/mol. The molecule has 3 aliphatic rings. The Labute approximate surface area is 208 Å². The van der Waals surface area contributed by atoms with Crippen LogP contribution < -0.4 is 10.5 Å². The van der Waals surface area contributed by atoms with Crippen molar-refractivity contribution in [2.24, 2.45) is 0 Å². The number of likely N-dealkylation sites (N-methyl/N-ethyl adjacent to an activating group) is 1. The van der Waals surface area contributed by atoms with Gasteiger partial charge >= 0.3 is 0 Å². The summed E-state index contributed by atoms with van der Waals surface area (Å²) < 4.78 is 13.9. The van der Waals surface area contributed by atoms with E-state index in [1.165, 1.54) is 0 Å². The number of amides is 1. The second-order valence-corrected chi connectivity index (χ2v) is 9.91. The zero-order valence-corrected chi connectivity index (χ0v) is 19.9. The molecular formula is C28H25N5O3. The predicted octanol–water partition coefficient (Wildman–Crippen LogP) is 3.73. The number of imidazole rings is 1. The van der Waals surface area contributed by atoms with Gasteiger partial charge in [0.1, 0.15) is 29.3 Å². The van der Waals surface area contributed by atoms with Crippen LogP contribution in [0.15, 0.2) is 48.9 Å². The van der Waals surface area contributed by atoms with E-state index in [0.717, 1.165) is 48.1 Å². The van der Waals surface area contributed by atoms with Crippen molar-refractivity contribution in [3.05, 3.63) is 65.6 Å². The maximum Gasteiger partial charge on any atom is 0.254 e. The maximum absolute atomic E-state index is 13.5. The van der Waals surface area contributed by atoms with Gasteiger partial charge in [-0.15, -0.1) is 0 Å². The highest BCUT2D eigenvalue weighted by Crippen LogP contribution is 2.43. The molecule has 1 amide bonds. The Kier molecular flexibility index (Phi) is 4.54. The summed E-state index contributed by atoms with van der Waals surface area (Å²) in [6.45, 7) is 0.403. The Hall–Kier alpha value is -4.09. The molecule has 1 unspecified atom stereocenters. The topological polar surface area (TPSA) is 95.0 Å². The lowest BCUT2D eigenvalue weighted by molar-refractivity contribution is 0.0576. The van der Waals surface area contributed by atoms with E-state index in [1.54, 1.807) is 23.5 Å². The number of fused-ring (bicyclic) bond motifs is 6. The fraction of sp³-hybridized carbons (Fsp3) is 0.321. The summed E-state index contributed by atoms with van der Waals surface area (Å²) in [7, 11) is 1.81. The van der Waals surface area contributed by atoms with Gasteiger partial charge in [-0.25, -0.2) is 9.97 Å². The number of carbonyl (C=O) groups excluding carboxylic acids is 1. The molecule has 8 heteroatoms. The van der Waals surface area contributed by atoms with Gasteiger partial charge in [0, 0.05) is 23.7 Å². The Morgan fingerprint density at radius 3 is 2.86 bits per heavy atom. The maximum atomic E-state index is 13.5. The number of nitrogens with zero attached hydrogens (tertiary/aromatic N) is 4. The van der Waals surface area contributed by atoms with E-state index < -0.39 is 0 Å². The van der Waals surface area contributed by atoms with E-state index in [9.17, 15) is 4.79 Å². The van der Waals surface area contributed by atoms with Crippen LogP contribution in [-0.4, -0.2) is 50.5 Å². The molecule has 0 radical (unpaired) electrons. The molecule has 0 saturated carbocycles. The quantitative estimate of drug-likeness (QED) is 0.440. The molecular weight excluding hydrogens is 454 g/mol. The molecule has 2 aromatic carbocycles. The highest BCUT2D eigenvalue weighted by atomic mass is 16.5. The van der Waals surface area contributed by atoms with Crippen LogP contribution >= 0.6 is 0 Å². The Balaban J connectivity index is 1.15. The summed E-state index contributed by atoms with van der Waals surface area (Å²) in [4.78, 5) is 23.8. The molecule has 2 bridgehead atoms. The van der Waals surface area contributed by atoms with Gasteiger partial charge in [0.05, 0.1) is 35.7 Å². The molecule has 2 aromatic heterocycles. The van der Waals surface area contributed by atoms with Crippen LogP contribution in [0.25, 0.3) is 16.6 Å².